The third-order valence-electron chi connectivity index (χ3n) is 1.68. The number of benzene rings is 1. The maximum Gasteiger partial charge on any atom is 0.206 e. The van der Waals surface area contributed by atoms with Crippen LogP contribution < -0.4 is 5.73 Å². The number of anilines is 1. The number of nitrogens with zero attached hydrogens (tertiary/aromatic N) is 3. The van der Waals surface area contributed by atoms with E-state index in [0.29, 0.717) is 27.1 Å². The minimum Gasteiger partial charge on any atom is -0.398 e. The van der Waals surface area contributed by atoms with E-state index in [2.05, 4.69) is 20.6 Å². The van der Waals surface area contributed by atoms with Gasteiger partial charge in [0.05, 0.1) is 10.0 Å². The largest absolute Gasteiger partial charge is 0.398 e. The van der Waals surface area contributed by atoms with Crippen molar-refractivity contribution >= 4 is 28.9 Å². The average Bonchev–Trinajstić information content (AvgIpc) is 2.64. The highest BCUT2D eigenvalue weighted by Crippen LogP contribution is 2.31. The Morgan fingerprint density at radius 1 is 1.21 bits per heavy atom. The van der Waals surface area contributed by atoms with Gasteiger partial charge in [-0.15, -0.1) is 10.2 Å². The Morgan fingerprint density at radius 3 is 2.57 bits per heavy atom. The predicted molar refractivity (Wildman–Crippen MR) is 54.0 cm³/mol. The van der Waals surface area contributed by atoms with Crippen LogP contribution in [0.1, 0.15) is 0 Å². The maximum atomic E-state index is 5.83. The Morgan fingerprint density at radius 2 is 1.93 bits per heavy atom. The summed E-state index contributed by atoms with van der Waals surface area (Å²) in [5, 5.41) is 14.1. The molecule has 1 aromatic heterocycles. The van der Waals surface area contributed by atoms with Crippen molar-refractivity contribution in [3.05, 3.63) is 22.2 Å². The first kappa shape index (κ1) is 9.23. The number of nitrogen functional groups attached to an aromatic ring is 1. The van der Waals surface area contributed by atoms with Crippen LogP contribution in [0.25, 0.3) is 11.4 Å². The molecule has 0 radical (unpaired) electrons. The fourth-order valence-corrected chi connectivity index (χ4v) is 1.37. The molecule has 5 nitrogen and oxygen atoms in total. The number of hydrogen-bond acceptors (Lipinski definition) is 4. The number of hydrogen-bond donors (Lipinski definition) is 2. The number of aromatic amines is 1. The number of tetrazole rings is 1. The van der Waals surface area contributed by atoms with Crippen LogP contribution in [0, 0.1) is 0 Å². The smallest absolute Gasteiger partial charge is 0.206 e. The molecule has 0 spiro atoms. The lowest BCUT2D eigenvalue weighted by atomic mass is 10.2. The van der Waals surface area contributed by atoms with Crippen molar-refractivity contribution in [1.82, 2.24) is 20.6 Å². The summed E-state index contributed by atoms with van der Waals surface area (Å²) in [5.41, 5.74) is 6.78. The van der Waals surface area contributed by atoms with Crippen LogP contribution in [0.4, 0.5) is 5.69 Å². The van der Waals surface area contributed by atoms with Gasteiger partial charge in [-0.3, -0.25) is 0 Å². The Hall–Kier alpha value is -1.33. The number of H-pyrrole nitrogens is 1. The van der Waals surface area contributed by atoms with E-state index >= 15 is 0 Å². The number of nitrogens with two attached hydrogens (primary N) is 1. The van der Waals surface area contributed by atoms with Crippen LogP contribution >= 0.6 is 23.2 Å². The van der Waals surface area contributed by atoms with Gasteiger partial charge in [0.2, 0.25) is 5.82 Å². The van der Waals surface area contributed by atoms with Gasteiger partial charge in [-0.25, -0.2) is 0 Å². The van der Waals surface area contributed by atoms with Crippen LogP contribution in [0.3, 0.4) is 0 Å². The van der Waals surface area contributed by atoms with Gasteiger partial charge in [-0.1, -0.05) is 23.2 Å². The SMILES string of the molecule is Nc1cc(Cl)c(Cl)cc1-c1nn[nH]n1. The van der Waals surface area contributed by atoms with Crippen LogP contribution in [-0.4, -0.2) is 20.6 Å². The molecule has 14 heavy (non-hydrogen) atoms. The quantitative estimate of drug-likeness (QED) is 0.731. The molecule has 0 fully saturated rings. The Bertz CT molecular complexity index is 453. The highest BCUT2D eigenvalue weighted by molar-refractivity contribution is 6.42. The molecule has 0 atom stereocenters. The van der Waals surface area contributed by atoms with Gasteiger partial charge in [0.15, 0.2) is 0 Å². The molecule has 2 rings (SSSR count). The summed E-state index contributed by atoms with van der Waals surface area (Å²) in [6.45, 7) is 0. The first-order valence-electron chi connectivity index (χ1n) is 3.67. The van der Waals surface area contributed by atoms with Gasteiger partial charge in [0.1, 0.15) is 0 Å². The van der Waals surface area contributed by atoms with E-state index in [-0.39, 0.29) is 0 Å². The van der Waals surface area contributed by atoms with Crippen molar-refractivity contribution in [2.45, 2.75) is 0 Å². The first-order valence-corrected chi connectivity index (χ1v) is 4.42. The van der Waals surface area contributed by atoms with Crippen molar-refractivity contribution in [3.8, 4) is 11.4 Å². The van der Waals surface area contributed by atoms with Gasteiger partial charge in [-0.2, -0.15) is 5.21 Å². The zero-order valence-corrected chi connectivity index (χ0v) is 8.34. The van der Waals surface area contributed by atoms with E-state index in [1.54, 1.807) is 12.1 Å². The Kier molecular flexibility index (Phi) is 2.26. The lowest BCUT2D eigenvalue weighted by molar-refractivity contribution is 0.881. The molecule has 72 valence electrons. The third kappa shape index (κ3) is 1.51. The molecule has 1 heterocycles. The summed E-state index contributed by atoms with van der Waals surface area (Å²) in [5.74, 6) is 0.390. The van der Waals surface area contributed by atoms with E-state index < -0.39 is 0 Å². The average molecular weight is 230 g/mol. The van der Waals surface area contributed by atoms with Gasteiger partial charge in [0, 0.05) is 11.3 Å². The van der Waals surface area contributed by atoms with Crippen LogP contribution in [0.15, 0.2) is 12.1 Å². The summed E-state index contributed by atoms with van der Waals surface area (Å²) in [6, 6.07) is 3.15. The maximum absolute atomic E-state index is 5.83. The molecule has 3 N–H and O–H groups in total. The number of aromatic nitrogens is 4. The fourth-order valence-electron chi connectivity index (χ4n) is 1.03. The first-order chi connectivity index (χ1) is 6.68. The van der Waals surface area contributed by atoms with Gasteiger partial charge in [0.25, 0.3) is 0 Å². The zero-order chi connectivity index (χ0) is 10.1. The molecule has 0 aliphatic rings. The van der Waals surface area contributed by atoms with Gasteiger partial charge in [-0.05, 0) is 17.3 Å². The van der Waals surface area contributed by atoms with E-state index in [1.807, 2.05) is 0 Å². The summed E-state index contributed by atoms with van der Waals surface area (Å²) in [4.78, 5) is 0. The van der Waals surface area contributed by atoms with Crippen LogP contribution in [-0.2, 0) is 0 Å². The minimum atomic E-state index is 0.390. The van der Waals surface area contributed by atoms with Gasteiger partial charge >= 0.3 is 0 Å². The molecule has 0 saturated carbocycles. The second-order valence-electron chi connectivity index (χ2n) is 2.59. The summed E-state index contributed by atoms with van der Waals surface area (Å²) in [6.07, 6.45) is 0. The van der Waals surface area contributed by atoms with E-state index in [1.165, 1.54) is 0 Å². The van der Waals surface area contributed by atoms with Gasteiger partial charge < -0.3 is 5.73 Å². The van der Waals surface area contributed by atoms with E-state index in [4.69, 9.17) is 28.9 Å². The number of nitrogens with one attached hydrogen (secondary N) is 1. The highest BCUT2D eigenvalue weighted by atomic mass is 35.5. The molecular formula is C7H5Cl2N5. The summed E-state index contributed by atoms with van der Waals surface area (Å²) >= 11 is 11.6. The molecule has 0 unspecified atom stereocenters. The lowest BCUT2D eigenvalue weighted by Crippen LogP contribution is -1.92. The Balaban J connectivity index is 2.60. The Labute approximate surface area is 89.2 Å². The van der Waals surface area contributed by atoms with Crippen LogP contribution in [0.2, 0.25) is 10.0 Å². The highest BCUT2D eigenvalue weighted by Gasteiger charge is 2.10. The monoisotopic (exact) mass is 229 g/mol. The summed E-state index contributed by atoms with van der Waals surface area (Å²) < 4.78 is 0. The van der Waals surface area contributed by atoms with Crippen molar-refractivity contribution in [2.75, 3.05) is 5.73 Å². The third-order valence-corrected chi connectivity index (χ3v) is 2.40. The zero-order valence-electron chi connectivity index (χ0n) is 6.83. The van der Waals surface area contributed by atoms with Crippen molar-refractivity contribution < 1.29 is 0 Å². The van der Waals surface area contributed by atoms with Crippen molar-refractivity contribution in [3.63, 3.8) is 0 Å². The molecule has 0 aliphatic carbocycles. The molecule has 0 amide bonds. The molecule has 2 aromatic rings. The number of rotatable bonds is 1. The van der Waals surface area contributed by atoms with E-state index in [0.717, 1.165) is 0 Å². The predicted octanol–water partition coefficient (Wildman–Crippen LogP) is 1.76. The molecular weight excluding hydrogens is 225 g/mol. The molecule has 7 heteroatoms. The van der Waals surface area contributed by atoms with E-state index in [9.17, 15) is 0 Å². The second-order valence-corrected chi connectivity index (χ2v) is 3.40. The molecule has 0 bridgehead atoms. The van der Waals surface area contributed by atoms with Crippen molar-refractivity contribution in [1.29, 1.82) is 0 Å². The lowest BCUT2D eigenvalue weighted by Gasteiger charge is -2.02. The van der Waals surface area contributed by atoms with Crippen molar-refractivity contribution in [2.24, 2.45) is 0 Å². The fraction of sp³-hybridized carbons (Fsp3) is 0. The number of halogens is 2. The second kappa shape index (κ2) is 3.43. The standard InChI is InChI=1S/C7H5Cl2N5/c8-4-1-3(6(10)2-5(4)9)7-11-13-14-12-7/h1-2H,10H2,(H,11,12,13,14). The topological polar surface area (TPSA) is 80.5 Å². The summed E-state index contributed by atoms with van der Waals surface area (Å²) in [7, 11) is 0. The molecule has 0 saturated heterocycles. The van der Waals surface area contributed by atoms with Crippen LogP contribution in [0.5, 0.6) is 0 Å². The molecule has 0 aliphatic heterocycles. The normalized spacial score (nSPS) is 10.4. The molecule has 1 aromatic carbocycles. The minimum absolute atomic E-state index is 0.390.